The molecule has 0 radical (unpaired) electrons. The number of anilines is 1. The molecule has 3 aromatic rings. The Balaban J connectivity index is 1.96. The molecular weight excluding hydrogens is 412 g/mol. The molecule has 0 N–H and O–H groups in total. The number of rotatable bonds is 6. The highest BCUT2D eigenvalue weighted by atomic mass is 32.2. The van der Waals surface area contributed by atoms with Crippen molar-refractivity contribution in [3.8, 4) is 22.9 Å². The quantitative estimate of drug-likeness (QED) is 0.510. The second kappa shape index (κ2) is 9.34. The van der Waals surface area contributed by atoms with Gasteiger partial charge >= 0.3 is 0 Å². The average Bonchev–Trinajstić information content (AvgIpc) is 2.94. The van der Waals surface area contributed by atoms with Crippen molar-refractivity contribution in [2.75, 3.05) is 17.3 Å². The molecule has 1 aliphatic rings. The van der Waals surface area contributed by atoms with E-state index in [0.717, 1.165) is 16.9 Å². The fourth-order valence-corrected chi connectivity index (χ4v) is 4.02. The molecule has 1 aromatic heterocycles. The minimum absolute atomic E-state index is 0.0762. The van der Waals surface area contributed by atoms with Gasteiger partial charge in [0.2, 0.25) is 23.2 Å². The number of benzene rings is 2. The molecule has 1 amide bonds. The number of carbonyl (C=O) groups excluding carboxylic acids is 1. The number of para-hydroxylation sites is 2. The molecule has 0 bridgehead atoms. The van der Waals surface area contributed by atoms with Crippen LogP contribution >= 0.6 is 11.8 Å². The summed E-state index contributed by atoms with van der Waals surface area (Å²) in [5.74, 6) is 1.75. The number of ether oxygens (including phenoxy) is 2. The number of thioether (sulfide) groups is 1. The number of nitrogens with zero attached hydrogens (tertiary/aromatic N) is 4. The zero-order chi connectivity index (χ0) is 21.8. The van der Waals surface area contributed by atoms with Crippen LogP contribution in [0.4, 0.5) is 5.69 Å². The highest BCUT2D eigenvalue weighted by molar-refractivity contribution is 7.99. The van der Waals surface area contributed by atoms with Crippen LogP contribution < -0.4 is 14.4 Å². The molecule has 1 atom stereocenters. The van der Waals surface area contributed by atoms with Crippen LogP contribution in [-0.2, 0) is 4.79 Å². The van der Waals surface area contributed by atoms with Crippen LogP contribution in [0.5, 0.6) is 11.6 Å². The van der Waals surface area contributed by atoms with Gasteiger partial charge in [0.15, 0.2) is 5.69 Å². The van der Waals surface area contributed by atoms with Gasteiger partial charge in [-0.3, -0.25) is 9.69 Å². The lowest BCUT2D eigenvalue weighted by Crippen LogP contribution is -2.37. The highest BCUT2D eigenvalue weighted by Gasteiger charge is 2.36. The van der Waals surface area contributed by atoms with Gasteiger partial charge in [0.1, 0.15) is 5.75 Å². The third kappa shape index (κ3) is 4.07. The normalized spacial score (nSPS) is 14.8. The van der Waals surface area contributed by atoms with Gasteiger partial charge < -0.3 is 9.47 Å². The second-order valence-electron chi connectivity index (χ2n) is 6.76. The van der Waals surface area contributed by atoms with E-state index in [9.17, 15) is 4.79 Å². The lowest BCUT2D eigenvalue weighted by molar-refractivity contribution is -0.120. The lowest BCUT2D eigenvalue weighted by Gasteiger charge is -2.31. The molecule has 31 heavy (non-hydrogen) atoms. The molecular formula is C23H24N4O3S. The van der Waals surface area contributed by atoms with Crippen molar-refractivity contribution in [3.63, 3.8) is 0 Å². The summed E-state index contributed by atoms with van der Waals surface area (Å²) in [6, 6.07) is 15.2. The molecule has 0 saturated carbocycles. The van der Waals surface area contributed by atoms with Crippen molar-refractivity contribution in [2.45, 2.75) is 38.6 Å². The summed E-state index contributed by atoms with van der Waals surface area (Å²) in [6.45, 7) is 6.29. The third-order valence-corrected chi connectivity index (χ3v) is 5.56. The first-order valence-electron chi connectivity index (χ1n) is 10.3. The van der Waals surface area contributed by atoms with Crippen LogP contribution in [0.25, 0.3) is 11.3 Å². The van der Waals surface area contributed by atoms with Crippen molar-refractivity contribution in [2.24, 2.45) is 0 Å². The number of aromatic nitrogens is 3. The first kappa shape index (κ1) is 21.1. The van der Waals surface area contributed by atoms with Crippen molar-refractivity contribution >= 4 is 23.4 Å². The standard InChI is InChI=1S/C23H24N4O3S/c1-4-19(28)27-17-13-9-7-11-15(17)20-21(24-23(26-25-20)31-6-3)30-22(27)16-12-8-10-14-18(16)29-5-2/h7-14,22H,4-6H2,1-3H3/t22-/m0/s1. The molecule has 0 aliphatic carbocycles. The van der Waals surface area contributed by atoms with E-state index in [1.807, 2.05) is 69.3 Å². The van der Waals surface area contributed by atoms with E-state index >= 15 is 0 Å². The molecule has 0 saturated heterocycles. The van der Waals surface area contributed by atoms with Gasteiger partial charge in [-0.1, -0.05) is 55.9 Å². The Morgan fingerprint density at radius 2 is 1.87 bits per heavy atom. The van der Waals surface area contributed by atoms with E-state index in [1.165, 1.54) is 11.8 Å². The largest absolute Gasteiger partial charge is 0.493 e. The summed E-state index contributed by atoms with van der Waals surface area (Å²) in [5, 5.41) is 9.20. The third-order valence-electron chi connectivity index (χ3n) is 4.84. The minimum atomic E-state index is -0.756. The Labute approximate surface area is 185 Å². The van der Waals surface area contributed by atoms with Crippen LogP contribution in [0.1, 0.15) is 39.0 Å². The predicted molar refractivity (Wildman–Crippen MR) is 120 cm³/mol. The molecule has 2 aromatic carbocycles. The number of hydrogen-bond donors (Lipinski definition) is 0. The lowest BCUT2D eigenvalue weighted by atomic mass is 10.1. The second-order valence-corrected chi connectivity index (χ2v) is 7.99. The predicted octanol–water partition coefficient (Wildman–Crippen LogP) is 4.88. The van der Waals surface area contributed by atoms with Gasteiger partial charge in [-0.15, -0.1) is 10.2 Å². The summed E-state index contributed by atoms with van der Waals surface area (Å²) in [7, 11) is 0. The summed E-state index contributed by atoms with van der Waals surface area (Å²) >= 11 is 1.49. The summed E-state index contributed by atoms with van der Waals surface area (Å²) in [6.07, 6.45) is -0.439. The molecule has 0 spiro atoms. The molecule has 4 rings (SSSR count). The Kier molecular flexibility index (Phi) is 6.36. The van der Waals surface area contributed by atoms with Crippen LogP contribution in [0.3, 0.4) is 0 Å². The Bertz CT molecular complexity index is 1090. The molecule has 7 nitrogen and oxygen atoms in total. The maximum Gasteiger partial charge on any atom is 0.247 e. The number of fused-ring (bicyclic) bond motifs is 3. The monoisotopic (exact) mass is 436 g/mol. The van der Waals surface area contributed by atoms with E-state index in [-0.39, 0.29) is 5.91 Å². The molecule has 0 fully saturated rings. The van der Waals surface area contributed by atoms with E-state index in [4.69, 9.17) is 9.47 Å². The SMILES string of the molecule is CCOc1ccccc1[C@@H]1Oc2nc(SCC)nnc2-c2ccccc2N1C(=O)CC. The van der Waals surface area contributed by atoms with Crippen LogP contribution in [0, 0.1) is 0 Å². The minimum Gasteiger partial charge on any atom is -0.493 e. The summed E-state index contributed by atoms with van der Waals surface area (Å²) < 4.78 is 12.3. The molecule has 1 aliphatic heterocycles. The van der Waals surface area contributed by atoms with Gasteiger partial charge in [-0.05, 0) is 30.9 Å². The van der Waals surface area contributed by atoms with Gasteiger partial charge in [0.25, 0.3) is 0 Å². The molecule has 2 heterocycles. The summed E-state index contributed by atoms with van der Waals surface area (Å²) in [5.41, 5.74) is 2.72. The van der Waals surface area contributed by atoms with Crippen LogP contribution in [0.2, 0.25) is 0 Å². The van der Waals surface area contributed by atoms with E-state index in [0.29, 0.717) is 41.2 Å². The number of hydrogen-bond acceptors (Lipinski definition) is 7. The number of carbonyl (C=O) groups is 1. The molecule has 160 valence electrons. The molecule has 8 heteroatoms. The number of amides is 1. The summed E-state index contributed by atoms with van der Waals surface area (Å²) in [4.78, 5) is 19.5. The zero-order valence-corrected chi connectivity index (χ0v) is 18.6. The van der Waals surface area contributed by atoms with Gasteiger partial charge in [0.05, 0.1) is 17.9 Å². The van der Waals surface area contributed by atoms with Crippen molar-refractivity contribution in [1.29, 1.82) is 0 Å². The zero-order valence-electron chi connectivity index (χ0n) is 17.7. The van der Waals surface area contributed by atoms with Gasteiger partial charge in [-0.2, -0.15) is 4.98 Å². The fourth-order valence-electron chi connectivity index (χ4n) is 3.52. The van der Waals surface area contributed by atoms with Gasteiger partial charge in [0, 0.05) is 12.0 Å². The average molecular weight is 437 g/mol. The topological polar surface area (TPSA) is 77.4 Å². The van der Waals surface area contributed by atoms with E-state index in [2.05, 4.69) is 15.2 Å². The van der Waals surface area contributed by atoms with Crippen molar-refractivity contribution in [3.05, 3.63) is 54.1 Å². The van der Waals surface area contributed by atoms with Crippen molar-refractivity contribution < 1.29 is 14.3 Å². The highest BCUT2D eigenvalue weighted by Crippen LogP contribution is 2.45. The maximum atomic E-state index is 13.2. The smallest absolute Gasteiger partial charge is 0.247 e. The first-order valence-corrected chi connectivity index (χ1v) is 11.3. The first-order chi connectivity index (χ1) is 15.2. The Morgan fingerprint density at radius 1 is 1.10 bits per heavy atom. The molecule has 0 unspecified atom stereocenters. The maximum absolute atomic E-state index is 13.2. The van der Waals surface area contributed by atoms with Crippen LogP contribution in [-0.4, -0.2) is 33.4 Å². The fraction of sp³-hybridized carbons (Fsp3) is 0.304. The van der Waals surface area contributed by atoms with E-state index in [1.54, 1.807) is 4.90 Å². The van der Waals surface area contributed by atoms with E-state index < -0.39 is 6.23 Å². The van der Waals surface area contributed by atoms with Crippen molar-refractivity contribution in [1.82, 2.24) is 15.2 Å². The van der Waals surface area contributed by atoms with Gasteiger partial charge in [-0.25, -0.2) is 0 Å². The Hall–Kier alpha value is -3.13. The van der Waals surface area contributed by atoms with Crippen LogP contribution in [0.15, 0.2) is 53.7 Å². The Morgan fingerprint density at radius 3 is 2.65 bits per heavy atom.